The summed E-state index contributed by atoms with van der Waals surface area (Å²) >= 11 is 0. The van der Waals surface area contributed by atoms with E-state index in [0.29, 0.717) is 61.8 Å². The molecule has 12 heteroatoms. The van der Waals surface area contributed by atoms with Crippen LogP contribution in [-0.4, -0.2) is 83.3 Å². The largest absolute Gasteiger partial charge is 0.375 e. The summed E-state index contributed by atoms with van der Waals surface area (Å²) in [5, 5.41) is 25.8. The topological polar surface area (TPSA) is 148 Å². The third kappa shape index (κ3) is 8.93. The van der Waals surface area contributed by atoms with Gasteiger partial charge in [0, 0.05) is 49.1 Å². The molecule has 3 N–H and O–H groups in total. The van der Waals surface area contributed by atoms with Crippen molar-refractivity contribution in [2.45, 2.75) is 78.7 Å². The zero-order chi connectivity index (χ0) is 34.9. The molecule has 0 saturated heterocycles. The highest BCUT2D eigenvalue weighted by Crippen LogP contribution is 2.41. The number of aliphatic hydroxyl groups is 1. The van der Waals surface area contributed by atoms with Crippen LogP contribution in [0.15, 0.2) is 48.5 Å². The average Bonchev–Trinajstić information content (AvgIpc) is 3.51. The van der Waals surface area contributed by atoms with Gasteiger partial charge in [-0.15, -0.1) is 5.10 Å². The Labute approximate surface area is 283 Å². The molecule has 2 amide bonds. The van der Waals surface area contributed by atoms with Crippen molar-refractivity contribution >= 4 is 23.3 Å². The number of likely N-dealkylation sites (N-methyl/N-ethyl adjacent to an activating group) is 1. The number of ketones is 1. The number of carbonyl (C=O) groups is 3. The summed E-state index contributed by atoms with van der Waals surface area (Å²) in [5.41, 5.74) is 3.09. The van der Waals surface area contributed by atoms with Crippen LogP contribution in [0.4, 0.5) is 5.69 Å². The van der Waals surface area contributed by atoms with Gasteiger partial charge in [0.25, 0.3) is 0 Å². The first kappa shape index (κ1) is 36.9. The molecule has 4 rings (SSSR count). The van der Waals surface area contributed by atoms with Gasteiger partial charge in [0.15, 0.2) is 6.23 Å². The first-order valence-electron chi connectivity index (χ1n) is 16.7. The van der Waals surface area contributed by atoms with Gasteiger partial charge in [0.1, 0.15) is 17.2 Å². The number of hydrogen-bond acceptors (Lipinski definition) is 9. The van der Waals surface area contributed by atoms with Gasteiger partial charge in [0.05, 0.1) is 31.0 Å². The van der Waals surface area contributed by atoms with E-state index in [9.17, 15) is 19.5 Å². The minimum Gasteiger partial charge on any atom is -0.375 e. The average molecular weight is 663 g/mol. The summed E-state index contributed by atoms with van der Waals surface area (Å²) < 4.78 is 13.2. The molecule has 1 aliphatic heterocycles. The standard InChI is InChI=1S/C36H50N6O6/c1-7-36(5,48-20-18-35(3,4)25(2)43)24-38-30(44)16-17-31(45)41-22-26-12-8-9-13-27(26)34-33(28-14-10-11-15-29(28)41)39-40-42(34)32(46)23-47-21-19-37-6/h8-15,32,37,46H,7,16-24H2,1-6H3,(H,38,44). The van der Waals surface area contributed by atoms with Gasteiger partial charge < -0.3 is 30.1 Å². The number of rotatable bonds is 17. The lowest BCUT2D eigenvalue weighted by Crippen LogP contribution is -2.43. The Morgan fingerprint density at radius 2 is 1.73 bits per heavy atom. The number of anilines is 1. The summed E-state index contributed by atoms with van der Waals surface area (Å²) in [6, 6.07) is 15.1. The number of aromatic nitrogens is 3. The van der Waals surface area contributed by atoms with E-state index in [-0.39, 0.29) is 43.6 Å². The van der Waals surface area contributed by atoms with E-state index in [1.54, 1.807) is 11.8 Å². The second-order valence-electron chi connectivity index (χ2n) is 13.2. The smallest absolute Gasteiger partial charge is 0.227 e. The Morgan fingerprint density at radius 1 is 1.02 bits per heavy atom. The van der Waals surface area contributed by atoms with Gasteiger partial charge in [0.2, 0.25) is 11.8 Å². The van der Waals surface area contributed by atoms with Crippen LogP contribution < -0.4 is 15.5 Å². The molecule has 0 saturated carbocycles. The van der Waals surface area contributed by atoms with Crippen LogP contribution in [0, 0.1) is 5.41 Å². The number of para-hydroxylation sites is 1. The number of amides is 2. The SMILES string of the molecule is CCC(C)(CNC(=O)CCC(=O)N1Cc2ccccc2-c2c(nnn2C(O)COCCNC)-c2ccccc21)OCCC(C)(C)C(C)=O. The highest BCUT2D eigenvalue weighted by molar-refractivity contribution is 6.01. The molecule has 3 aromatic rings. The first-order chi connectivity index (χ1) is 22.9. The zero-order valence-corrected chi connectivity index (χ0v) is 29.0. The van der Waals surface area contributed by atoms with E-state index >= 15 is 0 Å². The molecule has 0 spiro atoms. The fraction of sp³-hybridized carbons (Fsp3) is 0.528. The molecule has 48 heavy (non-hydrogen) atoms. The van der Waals surface area contributed by atoms with Crippen LogP contribution in [0.25, 0.3) is 22.5 Å². The van der Waals surface area contributed by atoms with Crippen LogP contribution >= 0.6 is 0 Å². The lowest BCUT2D eigenvalue weighted by atomic mass is 9.85. The highest BCUT2D eigenvalue weighted by Gasteiger charge is 2.31. The Bertz CT molecular complexity index is 1570. The Balaban J connectivity index is 1.49. The lowest BCUT2D eigenvalue weighted by molar-refractivity contribution is -0.128. The van der Waals surface area contributed by atoms with Crippen molar-refractivity contribution in [1.82, 2.24) is 25.6 Å². The van der Waals surface area contributed by atoms with Crippen LogP contribution in [0.1, 0.15) is 72.1 Å². The van der Waals surface area contributed by atoms with E-state index in [2.05, 4.69) is 20.9 Å². The van der Waals surface area contributed by atoms with Gasteiger partial charge in [-0.05, 0) is 45.4 Å². The summed E-state index contributed by atoms with van der Waals surface area (Å²) in [7, 11) is 1.83. The van der Waals surface area contributed by atoms with Crippen LogP contribution in [0.2, 0.25) is 0 Å². The second kappa shape index (κ2) is 16.4. The molecule has 0 fully saturated rings. The minimum atomic E-state index is -1.07. The third-order valence-electron chi connectivity index (χ3n) is 9.20. The van der Waals surface area contributed by atoms with Crippen molar-refractivity contribution in [3.63, 3.8) is 0 Å². The molecule has 1 aromatic heterocycles. The van der Waals surface area contributed by atoms with E-state index in [1.807, 2.05) is 83.3 Å². The third-order valence-corrected chi connectivity index (χ3v) is 9.20. The number of fused-ring (bicyclic) bond motifs is 5. The number of ether oxygens (including phenoxy) is 2. The molecule has 2 unspecified atom stereocenters. The van der Waals surface area contributed by atoms with E-state index < -0.39 is 17.2 Å². The summed E-state index contributed by atoms with van der Waals surface area (Å²) in [6.45, 7) is 11.4. The zero-order valence-electron chi connectivity index (χ0n) is 29.0. The normalized spacial score (nSPS) is 14.5. The summed E-state index contributed by atoms with van der Waals surface area (Å²) in [5.74, 6) is -0.338. The molecule has 0 bridgehead atoms. The quantitative estimate of drug-likeness (QED) is 0.180. The second-order valence-corrected chi connectivity index (χ2v) is 13.2. The lowest BCUT2D eigenvalue weighted by Gasteiger charge is -2.31. The van der Waals surface area contributed by atoms with Crippen LogP contribution in [-0.2, 0) is 30.4 Å². The number of Topliss-reactive ketones (excluding diaryl/α,β-unsaturated/α-hetero) is 1. The number of benzene rings is 2. The van der Waals surface area contributed by atoms with Gasteiger partial charge >= 0.3 is 0 Å². The fourth-order valence-corrected chi connectivity index (χ4v) is 5.38. The predicted molar refractivity (Wildman–Crippen MR) is 184 cm³/mol. The maximum absolute atomic E-state index is 13.9. The Hall–Kier alpha value is -3.97. The van der Waals surface area contributed by atoms with Gasteiger partial charge in [-0.2, -0.15) is 0 Å². The summed E-state index contributed by atoms with van der Waals surface area (Å²) in [4.78, 5) is 40.4. The van der Waals surface area contributed by atoms with E-state index in [1.165, 1.54) is 4.68 Å². The van der Waals surface area contributed by atoms with Gasteiger partial charge in [-0.25, -0.2) is 4.68 Å². The maximum Gasteiger partial charge on any atom is 0.227 e. The maximum atomic E-state index is 13.9. The number of carbonyl (C=O) groups excluding carboxylic acids is 3. The first-order valence-corrected chi connectivity index (χ1v) is 16.7. The molecule has 0 radical (unpaired) electrons. The predicted octanol–water partition coefficient (Wildman–Crippen LogP) is 4.27. The fourth-order valence-electron chi connectivity index (χ4n) is 5.38. The number of nitrogens with zero attached hydrogens (tertiary/aromatic N) is 4. The van der Waals surface area contributed by atoms with Crippen molar-refractivity contribution in [1.29, 1.82) is 0 Å². The summed E-state index contributed by atoms with van der Waals surface area (Å²) in [6.07, 6.45) is 0.202. The molecule has 0 aliphatic carbocycles. The molecule has 1 aliphatic rings. The number of nitrogens with one attached hydrogen (secondary N) is 2. The molecule has 2 heterocycles. The molecular weight excluding hydrogens is 612 g/mol. The highest BCUT2D eigenvalue weighted by atomic mass is 16.5. The Morgan fingerprint density at radius 3 is 2.44 bits per heavy atom. The number of hydrogen-bond donors (Lipinski definition) is 3. The molecule has 2 aromatic carbocycles. The minimum absolute atomic E-state index is 0.00104. The Kier molecular flexibility index (Phi) is 12.6. The van der Waals surface area contributed by atoms with E-state index in [0.717, 1.165) is 11.1 Å². The van der Waals surface area contributed by atoms with Gasteiger partial charge in [-0.3, -0.25) is 14.4 Å². The van der Waals surface area contributed by atoms with Crippen molar-refractivity contribution < 1.29 is 29.0 Å². The number of aliphatic hydroxyl groups excluding tert-OH is 1. The molecule has 2 atom stereocenters. The van der Waals surface area contributed by atoms with Crippen LogP contribution in [0.5, 0.6) is 0 Å². The van der Waals surface area contributed by atoms with Crippen molar-refractivity contribution in [3.8, 4) is 22.5 Å². The van der Waals surface area contributed by atoms with Crippen LogP contribution in [0.3, 0.4) is 0 Å². The molecular formula is C36H50N6O6. The van der Waals surface area contributed by atoms with E-state index in [4.69, 9.17) is 9.47 Å². The van der Waals surface area contributed by atoms with Gasteiger partial charge in [-0.1, -0.05) is 68.4 Å². The van der Waals surface area contributed by atoms with Crippen molar-refractivity contribution in [3.05, 3.63) is 54.1 Å². The monoisotopic (exact) mass is 662 g/mol. The molecule has 12 nitrogen and oxygen atoms in total. The molecule has 260 valence electrons. The van der Waals surface area contributed by atoms with Crippen molar-refractivity contribution in [2.75, 3.05) is 44.9 Å². The van der Waals surface area contributed by atoms with Crippen molar-refractivity contribution in [2.24, 2.45) is 5.41 Å².